The van der Waals surface area contributed by atoms with Crippen molar-refractivity contribution >= 4 is 12.2 Å². The van der Waals surface area contributed by atoms with E-state index >= 15 is 0 Å². The Bertz CT molecular complexity index is 290. The van der Waals surface area contributed by atoms with Crippen LogP contribution >= 0.6 is 0 Å². The van der Waals surface area contributed by atoms with Gasteiger partial charge in [0.15, 0.2) is 0 Å². The lowest BCUT2D eigenvalue weighted by Gasteiger charge is -1.93. The third kappa shape index (κ3) is 3.96. The molecule has 0 aliphatic heterocycles. The second kappa shape index (κ2) is 4.98. The Balaban J connectivity index is 2.37. The van der Waals surface area contributed by atoms with Crippen molar-refractivity contribution in [1.82, 2.24) is 0 Å². The van der Waals surface area contributed by atoms with Crippen LogP contribution in [-0.4, -0.2) is 17.9 Å². The number of carboxylic acid groups (broad SMARTS) is 1. The molecule has 0 saturated heterocycles. The van der Waals surface area contributed by atoms with Gasteiger partial charge in [0.25, 0.3) is 0 Å². The molecule has 1 aromatic carbocycles. The van der Waals surface area contributed by atoms with Gasteiger partial charge < -0.3 is 9.84 Å². The van der Waals surface area contributed by atoms with E-state index in [4.69, 9.17) is 5.11 Å². The minimum Gasteiger partial charge on any atom is -0.450 e. The fraction of sp³-hybridized carbons (Fsp3) is 0.100. The average molecular weight is 178 g/mol. The van der Waals surface area contributed by atoms with Gasteiger partial charge in [-0.15, -0.1) is 0 Å². The minimum absolute atomic E-state index is 0.0875. The highest BCUT2D eigenvalue weighted by molar-refractivity contribution is 5.57. The van der Waals surface area contributed by atoms with E-state index in [1.165, 1.54) is 0 Å². The zero-order valence-corrected chi connectivity index (χ0v) is 7.01. The van der Waals surface area contributed by atoms with Crippen LogP contribution in [0.3, 0.4) is 0 Å². The van der Waals surface area contributed by atoms with Gasteiger partial charge in [-0.25, -0.2) is 4.79 Å². The molecular weight excluding hydrogens is 168 g/mol. The second-order valence-electron chi connectivity index (χ2n) is 2.39. The summed E-state index contributed by atoms with van der Waals surface area (Å²) in [4.78, 5) is 9.95. The van der Waals surface area contributed by atoms with Crippen LogP contribution in [-0.2, 0) is 4.74 Å². The SMILES string of the molecule is O=C(O)OCC=Cc1ccccc1. The third-order valence-electron chi connectivity index (χ3n) is 1.41. The van der Waals surface area contributed by atoms with Crippen molar-refractivity contribution in [1.29, 1.82) is 0 Å². The lowest BCUT2D eigenvalue weighted by Crippen LogP contribution is -1.98. The van der Waals surface area contributed by atoms with E-state index in [1.807, 2.05) is 36.4 Å². The summed E-state index contributed by atoms with van der Waals surface area (Å²) in [5.74, 6) is 0. The summed E-state index contributed by atoms with van der Waals surface area (Å²) < 4.78 is 4.29. The number of ether oxygens (including phenoxy) is 1. The standard InChI is InChI=1S/C10H10O3/c11-10(12)13-8-4-7-9-5-2-1-3-6-9/h1-7H,8H2,(H,11,12). The lowest BCUT2D eigenvalue weighted by molar-refractivity contribution is 0.102. The maximum Gasteiger partial charge on any atom is 0.506 e. The molecule has 1 rings (SSSR count). The smallest absolute Gasteiger partial charge is 0.450 e. The fourth-order valence-corrected chi connectivity index (χ4v) is 0.868. The Morgan fingerprint density at radius 3 is 2.69 bits per heavy atom. The molecular formula is C10H10O3. The molecule has 0 aliphatic carbocycles. The van der Waals surface area contributed by atoms with E-state index in [9.17, 15) is 4.79 Å². The van der Waals surface area contributed by atoms with Gasteiger partial charge in [0, 0.05) is 0 Å². The summed E-state index contributed by atoms with van der Waals surface area (Å²) in [5, 5.41) is 8.15. The van der Waals surface area contributed by atoms with Gasteiger partial charge in [-0.1, -0.05) is 36.4 Å². The van der Waals surface area contributed by atoms with Crippen molar-refractivity contribution in [2.45, 2.75) is 0 Å². The normalized spacial score (nSPS) is 10.2. The predicted molar refractivity (Wildman–Crippen MR) is 49.5 cm³/mol. The highest BCUT2D eigenvalue weighted by Crippen LogP contribution is 2.00. The topological polar surface area (TPSA) is 46.5 Å². The van der Waals surface area contributed by atoms with Crippen molar-refractivity contribution in [2.24, 2.45) is 0 Å². The van der Waals surface area contributed by atoms with Gasteiger partial charge in [-0.05, 0) is 11.6 Å². The van der Waals surface area contributed by atoms with E-state index in [-0.39, 0.29) is 6.61 Å². The molecule has 0 radical (unpaired) electrons. The van der Waals surface area contributed by atoms with E-state index < -0.39 is 6.16 Å². The Morgan fingerprint density at radius 1 is 1.38 bits per heavy atom. The molecule has 0 fully saturated rings. The first-order valence-electron chi connectivity index (χ1n) is 3.86. The lowest BCUT2D eigenvalue weighted by atomic mass is 10.2. The van der Waals surface area contributed by atoms with E-state index in [1.54, 1.807) is 6.08 Å². The van der Waals surface area contributed by atoms with Crippen LogP contribution in [0, 0.1) is 0 Å². The van der Waals surface area contributed by atoms with Crippen molar-refractivity contribution < 1.29 is 14.6 Å². The highest BCUT2D eigenvalue weighted by atomic mass is 16.7. The summed E-state index contributed by atoms with van der Waals surface area (Å²) in [6.45, 7) is 0.0875. The van der Waals surface area contributed by atoms with Crippen LogP contribution in [0.25, 0.3) is 6.08 Å². The first kappa shape index (κ1) is 9.32. The van der Waals surface area contributed by atoms with Gasteiger partial charge in [0.2, 0.25) is 0 Å². The van der Waals surface area contributed by atoms with Crippen LogP contribution in [0.15, 0.2) is 36.4 Å². The summed E-state index contributed by atoms with van der Waals surface area (Å²) in [5.41, 5.74) is 1.02. The average Bonchev–Trinajstić information content (AvgIpc) is 2.14. The molecule has 3 heteroatoms. The molecule has 0 spiro atoms. The Labute approximate surface area is 76.3 Å². The Kier molecular flexibility index (Phi) is 3.57. The maximum atomic E-state index is 9.95. The zero-order valence-electron chi connectivity index (χ0n) is 7.01. The van der Waals surface area contributed by atoms with E-state index in [2.05, 4.69) is 4.74 Å². The highest BCUT2D eigenvalue weighted by Gasteiger charge is 1.90. The number of hydrogen-bond acceptors (Lipinski definition) is 2. The van der Waals surface area contributed by atoms with E-state index in [0.717, 1.165) is 5.56 Å². The molecule has 1 N–H and O–H groups in total. The third-order valence-corrected chi connectivity index (χ3v) is 1.41. The van der Waals surface area contributed by atoms with Crippen molar-refractivity contribution in [3.63, 3.8) is 0 Å². The first-order valence-corrected chi connectivity index (χ1v) is 3.86. The molecule has 0 unspecified atom stereocenters. The Morgan fingerprint density at radius 2 is 2.08 bits per heavy atom. The second-order valence-corrected chi connectivity index (χ2v) is 2.39. The maximum absolute atomic E-state index is 9.95. The van der Waals surface area contributed by atoms with Crippen molar-refractivity contribution in [2.75, 3.05) is 6.61 Å². The van der Waals surface area contributed by atoms with Crippen molar-refractivity contribution in [3.8, 4) is 0 Å². The molecule has 0 atom stereocenters. The predicted octanol–water partition coefficient (Wildman–Crippen LogP) is 2.39. The minimum atomic E-state index is -1.25. The van der Waals surface area contributed by atoms with Crippen LogP contribution in [0.4, 0.5) is 4.79 Å². The molecule has 0 heterocycles. The van der Waals surface area contributed by atoms with Gasteiger partial charge in [0.1, 0.15) is 6.61 Å². The van der Waals surface area contributed by atoms with Gasteiger partial charge in [0.05, 0.1) is 0 Å². The van der Waals surface area contributed by atoms with Crippen molar-refractivity contribution in [3.05, 3.63) is 42.0 Å². The Hall–Kier alpha value is -1.77. The monoisotopic (exact) mass is 178 g/mol. The molecule has 0 aliphatic rings. The molecule has 0 amide bonds. The zero-order chi connectivity index (χ0) is 9.52. The summed E-state index contributed by atoms with van der Waals surface area (Å²) in [7, 11) is 0. The molecule has 0 bridgehead atoms. The van der Waals surface area contributed by atoms with Gasteiger partial charge >= 0.3 is 6.16 Å². The van der Waals surface area contributed by atoms with Crippen LogP contribution in [0.5, 0.6) is 0 Å². The van der Waals surface area contributed by atoms with Crippen LogP contribution in [0.2, 0.25) is 0 Å². The number of benzene rings is 1. The number of rotatable bonds is 3. The molecule has 1 aromatic rings. The molecule has 3 nitrogen and oxygen atoms in total. The van der Waals surface area contributed by atoms with Crippen LogP contribution < -0.4 is 0 Å². The summed E-state index contributed by atoms with van der Waals surface area (Å²) in [6, 6.07) is 9.61. The van der Waals surface area contributed by atoms with Gasteiger partial charge in [-0.2, -0.15) is 0 Å². The molecule has 13 heavy (non-hydrogen) atoms. The quantitative estimate of drug-likeness (QED) is 0.723. The molecule has 0 saturated carbocycles. The summed E-state index contributed by atoms with van der Waals surface area (Å²) in [6.07, 6.45) is 2.21. The fourth-order valence-electron chi connectivity index (χ4n) is 0.868. The first-order chi connectivity index (χ1) is 6.29. The summed E-state index contributed by atoms with van der Waals surface area (Å²) >= 11 is 0. The van der Waals surface area contributed by atoms with Gasteiger partial charge in [-0.3, -0.25) is 0 Å². The number of hydrogen-bond donors (Lipinski definition) is 1. The van der Waals surface area contributed by atoms with Crippen LogP contribution in [0.1, 0.15) is 5.56 Å². The molecule has 0 aromatic heterocycles. The largest absolute Gasteiger partial charge is 0.506 e. The van der Waals surface area contributed by atoms with E-state index in [0.29, 0.717) is 0 Å². The molecule has 68 valence electrons. The number of carbonyl (C=O) groups is 1.